The molecule has 3 N–H and O–H groups in total. The van der Waals surface area contributed by atoms with Crippen LogP contribution in [0.3, 0.4) is 0 Å². The third-order valence-electron chi connectivity index (χ3n) is 2.26. The van der Waals surface area contributed by atoms with E-state index in [1.165, 1.54) is 17.0 Å². The van der Waals surface area contributed by atoms with Gasteiger partial charge in [-0.15, -0.1) is 6.58 Å². The summed E-state index contributed by atoms with van der Waals surface area (Å²) in [4.78, 5) is 11.5. The fourth-order valence-corrected chi connectivity index (χ4v) is 2.01. The molecule has 0 aromatic heterocycles. The van der Waals surface area contributed by atoms with Crippen LogP contribution < -0.4 is 10.0 Å². The average Bonchev–Trinajstić information content (AvgIpc) is 2.26. The van der Waals surface area contributed by atoms with Gasteiger partial charge in [-0.25, -0.2) is 17.9 Å². The molecule has 1 aromatic carbocycles. The number of carbonyl (C=O) groups is 1. The molecule has 0 aliphatic carbocycles. The summed E-state index contributed by atoms with van der Waals surface area (Å²) in [6.45, 7) is 3.12. The van der Waals surface area contributed by atoms with Crippen LogP contribution in [0.15, 0.2) is 35.7 Å². The van der Waals surface area contributed by atoms with E-state index in [2.05, 4.69) is 6.58 Å². The van der Waals surface area contributed by atoms with Crippen LogP contribution >= 0.6 is 0 Å². The van der Waals surface area contributed by atoms with Crippen molar-refractivity contribution < 1.29 is 22.7 Å². The lowest BCUT2D eigenvalue weighted by molar-refractivity contribution is -0.135. The molecule has 0 radical (unpaired) electrons. The molecule has 6 nitrogen and oxygen atoms in total. The van der Waals surface area contributed by atoms with Crippen LogP contribution in [0.2, 0.25) is 0 Å². The molecule has 0 heterocycles. The molecular formula is C11H13FN2O4S. The van der Waals surface area contributed by atoms with Gasteiger partial charge in [-0.2, -0.15) is 0 Å². The molecule has 0 fully saturated rings. The first kappa shape index (κ1) is 15.1. The van der Waals surface area contributed by atoms with Crippen molar-refractivity contribution in [2.24, 2.45) is 5.14 Å². The Hall–Kier alpha value is -1.93. The highest BCUT2D eigenvalue weighted by Crippen LogP contribution is 2.22. The number of aliphatic carboxylic acids is 1. The van der Waals surface area contributed by atoms with E-state index in [0.29, 0.717) is 0 Å². The number of sulfonamides is 1. The van der Waals surface area contributed by atoms with Crippen LogP contribution in [0, 0.1) is 5.82 Å². The minimum atomic E-state index is -4.00. The van der Waals surface area contributed by atoms with Gasteiger partial charge in [0.05, 0.1) is 10.6 Å². The lowest BCUT2D eigenvalue weighted by atomic mass is 10.2. The second-order valence-electron chi connectivity index (χ2n) is 3.72. The Labute approximate surface area is 110 Å². The average molecular weight is 288 g/mol. The molecule has 1 rings (SSSR count). The zero-order valence-corrected chi connectivity index (χ0v) is 10.7. The number of carboxylic acid groups (broad SMARTS) is 1. The van der Waals surface area contributed by atoms with Crippen molar-refractivity contribution in [3.05, 3.63) is 36.7 Å². The lowest BCUT2D eigenvalue weighted by Crippen LogP contribution is -2.30. The summed E-state index contributed by atoms with van der Waals surface area (Å²) in [5, 5.41) is 13.6. The minimum absolute atomic E-state index is 0.0327. The van der Waals surface area contributed by atoms with Crippen molar-refractivity contribution in [3.63, 3.8) is 0 Å². The highest BCUT2D eigenvalue weighted by Gasteiger charge is 2.16. The van der Waals surface area contributed by atoms with Gasteiger partial charge in [-0.1, -0.05) is 6.08 Å². The number of hydrogen-bond donors (Lipinski definition) is 2. The summed E-state index contributed by atoms with van der Waals surface area (Å²) in [5.41, 5.74) is -0.0327. The van der Waals surface area contributed by atoms with Crippen molar-refractivity contribution in [3.8, 4) is 0 Å². The van der Waals surface area contributed by atoms with Gasteiger partial charge in [0.2, 0.25) is 10.0 Å². The van der Waals surface area contributed by atoms with Crippen LogP contribution in [0.25, 0.3) is 0 Å². The van der Waals surface area contributed by atoms with E-state index in [9.17, 15) is 17.6 Å². The summed E-state index contributed by atoms with van der Waals surface area (Å²) in [7, 11) is -4.00. The number of anilines is 1. The van der Waals surface area contributed by atoms with Crippen LogP contribution in [-0.2, 0) is 14.8 Å². The molecule has 0 saturated carbocycles. The van der Waals surface area contributed by atoms with Crippen LogP contribution in [0.1, 0.15) is 0 Å². The number of carboxylic acids is 1. The quantitative estimate of drug-likeness (QED) is 0.744. The van der Waals surface area contributed by atoms with Crippen LogP contribution in [-0.4, -0.2) is 32.6 Å². The summed E-state index contributed by atoms with van der Waals surface area (Å²) < 4.78 is 35.9. The molecule has 0 unspecified atom stereocenters. The maximum absolute atomic E-state index is 13.8. The molecule has 0 spiro atoms. The van der Waals surface area contributed by atoms with Gasteiger partial charge in [-0.3, -0.25) is 4.79 Å². The Morgan fingerprint density at radius 1 is 1.53 bits per heavy atom. The zero-order chi connectivity index (χ0) is 14.6. The first-order valence-electron chi connectivity index (χ1n) is 5.15. The molecule has 0 saturated heterocycles. The van der Waals surface area contributed by atoms with E-state index >= 15 is 0 Å². The molecule has 0 aliphatic rings. The van der Waals surface area contributed by atoms with Gasteiger partial charge >= 0.3 is 5.97 Å². The summed E-state index contributed by atoms with van der Waals surface area (Å²) in [5.74, 6) is -2.01. The van der Waals surface area contributed by atoms with Crippen molar-refractivity contribution in [1.82, 2.24) is 0 Å². The number of hydrogen-bond acceptors (Lipinski definition) is 4. The molecular weight excluding hydrogens is 275 g/mol. The molecule has 0 aliphatic heterocycles. The predicted octanol–water partition coefficient (Wildman–Crippen LogP) is 0.550. The first-order chi connectivity index (χ1) is 8.75. The van der Waals surface area contributed by atoms with Gasteiger partial charge in [0.25, 0.3) is 0 Å². The molecule has 19 heavy (non-hydrogen) atoms. The Morgan fingerprint density at radius 3 is 2.58 bits per heavy atom. The first-order valence-corrected chi connectivity index (χ1v) is 6.70. The second-order valence-corrected chi connectivity index (χ2v) is 5.28. The van der Waals surface area contributed by atoms with E-state index in [1.807, 2.05) is 0 Å². The lowest BCUT2D eigenvalue weighted by Gasteiger charge is -2.21. The number of halogens is 1. The predicted molar refractivity (Wildman–Crippen MR) is 67.8 cm³/mol. The molecule has 8 heteroatoms. The molecule has 1 aromatic rings. The number of benzene rings is 1. The molecule has 0 amide bonds. The molecule has 0 bridgehead atoms. The zero-order valence-electron chi connectivity index (χ0n) is 9.91. The topological polar surface area (TPSA) is 101 Å². The van der Waals surface area contributed by atoms with E-state index in [4.69, 9.17) is 10.2 Å². The third-order valence-corrected chi connectivity index (χ3v) is 3.17. The Bertz CT molecular complexity index is 601. The maximum atomic E-state index is 13.8. The Morgan fingerprint density at radius 2 is 2.16 bits per heavy atom. The highest BCUT2D eigenvalue weighted by atomic mass is 32.2. The van der Waals surface area contributed by atoms with Crippen LogP contribution in [0.5, 0.6) is 0 Å². The van der Waals surface area contributed by atoms with Gasteiger partial charge < -0.3 is 10.0 Å². The number of nitrogens with zero attached hydrogens (tertiary/aromatic N) is 1. The number of nitrogens with two attached hydrogens (primary N) is 1. The fraction of sp³-hybridized carbons (Fsp3) is 0.182. The largest absolute Gasteiger partial charge is 0.480 e. The van der Waals surface area contributed by atoms with E-state index in [0.717, 1.165) is 12.1 Å². The minimum Gasteiger partial charge on any atom is -0.480 e. The summed E-state index contributed by atoms with van der Waals surface area (Å²) in [6.07, 6.45) is 1.41. The van der Waals surface area contributed by atoms with Gasteiger partial charge in [0.15, 0.2) is 0 Å². The number of rotatable bonds is 6. The SMILES string of the molecule is C=CCN(CC(=O)O)c1ccc(S(N)(=O)=O)cc1F. The highest BCUT2D eigenvalue weighted by molar-refractivity contribution is 7.89. The second kappa shape index (κ2) is 5.81. The van der Waals surface area contributed by atoms with E-state index in [1.54, 1.807) is 0 Å². The van der Waals surface area contributed by atoms with Gasteiger partial charge in [-0.05, 0) is 18.2 Å². The summed E-state index contributed by atoms with van der Waals surface area (Å²) >= 11 is 0. The smallest absolute Gasteiger partial charge is 0.323 e. The Balaban J connectivity index is 3.18. The molecule has 104 valence electrons. The van der Waals surface area contributed by atoms with E-state index < -0.39 is 28.4 Å². The fourth-order valence-electron chi connectivity index (χ4n) is 1.49. The van der Waals surface area contributed by atoms with Crippen molar-refractivity contribution in [2.75, 3.05) is 18.0 Å². The number of primary sulfonamides is 1. The van der Waals surface area contributed by atoms with E-state index in [-0.39, 0.29) is 17.1 Å². The Kier molecular flexibility index (Phi) is 4.62. The monoisotopic (exact) mass is 288 g/mol. The third kappa shape index (κ3) is 4.04. The standard InChI is InChI=1S/C11H13FN2O4S/c1-2-5-14(7-11(15)16)10-4-3-8(6-9(10)12)19(13,17)18/h2-4,6H,1,5,7H2,(H,15,16)(H2,13,17,18). The summed E-state index contributed by atoms with van der Waals surface area (Å²) in [6, 6.07) is 3.04. The van der Waals surface area contributed by atoms with Gasteiger partial charge in [0, 0.05) is 6.54 Å². The van der Waals surface area contributed by atoms with Crippen molar-refractivity contribution in [2.45, 2.75) is 4.90 Å². The van der Waals surface area contributed by atoms with Crippen molar-refractivity contribution in [1.29, 1.82) is 0 Å². The normalized spacial score (nSPS) is 11.1. The maximum Gasteiger partial charge on any atom is 0.323 e. The van der Waals surface area contributed by atoms with Crippen molar-refractivity contribution >= 4 is 21.7 Å². The van der Waals surface area contributed by atoms with Crippen LogP contribution in [0.4, 0.5) is 10.1 Å². The van der Waals surface area contributed by atoms with Gasteiger partial charge in [0.1, 0.15) is 12.4 Å². The molecule has 0 atom stereocenters.